The Bertz CT molecular complexity index is 565. The first-order valence-electron chi connectivity index (χ1n) is 7.25. The number of nitrogens with zero attached hydrogens (tertiary/aromatic N) is 1. The Morgan fingerprint density at radius 2 is 1.52 bits per heavy atom. The van der Waals surface area contributed by atoms with Crippen LogP contribution in [0.5, 0.6) is 0 Å². The monoisotopic (exact) mass is 367 g/mol. The summed E-state index contributed by atoms with van der Waals surface area (Å²) >= 11 is 0. The van der Waals surface area contributed by atoms with Gasteiger partial charge in [0.15, 0.2) is 0 Å². The molecule has 5 N–H and O–H groups in total. The van der Waals surface area contributed by atoms with Crippen molar-refractivity contribution >= 4 is 5.91 Å². The molecule has 0 saturated carbocycles. The summed E-state index contributed by atoms with van der Waals surface area (Å²) < 4.78 is 37.5. The lowest BCUT2D eigenvalue weighted by Gasteiger charge is -2.28. The number of benzene rings is 1. The van der Waals surface area contributed by atoms with E-state index in [-0.39, 0.29) is 5.56 Å². The summed E-state index contributed by atoms with van der Waals surface area (Å²) in [5.41, 5.74) is -0.976. The van der Waals surface area contributed by atoms with Gasteiger partial charge in [0.05, 0.1) is 12.2 Å². The van der Waals surface area contributed by atoms with Crippen LogP contribution in [-0.4, -0.2) is 81.0 Å². The van der Waals surface area contributed by atoms with Crippen LogP contribution in [0.2, 0.25) is 0 Å². The molecule has 1 aromatic rings. The van der Waals surface area contributed by atoms with Crippen molar-refractivity contribution in [1.29, 1.82) is 0 Å². The molecule has 0 bridgehead atoms. The van der Waals surface area contributed by atoms with Crippen LogP contribution in [0.3, 0.4) is 0 Å². The molecule has 0 radical (unpaired) electrons. The molecule has 0 fully saturated rings. The summed E-state index contributed by atoms with van der Waals surface area (Å²) in [5.74, 6) is -0.711. The Hall–Kier alpha value is -1.72. The number of aliphatic hydroxyl groups is 5. The zero-order valence-electron chi connectivity index (χ0n) is 13.3. The highest BCUT2D eigenvalue weighted by Gasteiger charge is 2.32. The molecule has 0 saturated heterocycles. The summed E-state index contributed by atoms with van der Waals surface area (Å²) in [4.78, 5) is 13.1. The number of halogens is 3. The Balaban J connectivity index is 2.73. The summed E-state index contributed by atoms with van der Waals surface area (Å²) in [7, 11) is 1.24. The van der Waals surface area contributed by atoms with Crippen molar-refractivity contribution in [3.8, 4) is 0 Å². The van der Waals surface area contributed by atoms with Gasteiger partial charge in [0.25, 0.3) is 5.91 Å². The second kappa shape index (κ2) is 8.59. The van der Waals surface area contributed by atoms with E-state index in [2.05, 4.69) is 0 Å². The Morgan fingerprint density at radius 1 is 1.04 bits per heavy atom. The van der Waals surface area contributed by atoms with Crippen molar-refractivity contribution in [2.75, 3.05) is 20.2 Å². The third kappa shape index (κ3) is 5.65. The van der Waals surface area contributed by atoms with E-state index in [0.29, 0.717) is 0 Å². The fourth-order valence-corrected chi connectivity index (χ4v) is 2.06. The Morgan fingerprint density at radius 3 is 1.96 bits per heavy atom. The van der Waals surface area contributed by atoms with E-state index in [1.807, 2.05) is 0 Å². The van der Waals surface area contributed by atoms with Crippen LogP contribution in [0.25, 0.3) is 0 Å². The SMILES string of the molecule is CN(CC(O)C(O)C(O)C(O)CO)C(=O)c1ccc(C(F)(F)F)cc1. The van der Waals surface area contributed by atoms with Crippen molar-refractivity contribution in [3.63, 3.8) is 0 Å². The molecule has 0 heterocycles. The molecule has 0 spiro atoms. The zero-order valence-corrected chi connectivity index (χ0v) is 13.3. The predicted octanol–water partition coefficient (Wildman–Crippen LogP) is -0.787. The standard InChI is InChI=1S/C15H20F3NO6/c1-19(6-10(21)12(23)13(24)11(22)7-20)14(25)8-2-4-9(5-3-8)15(16,17)18/h2-5,10-13,20-24H,6-7H2,1H3. The van der Waals surface area contributed by atoms with Crippen molar-refractivity contribution in [3.05, 3.63) is 35.4 Å². The maximum atomic E-state index is 12.5. The molecule has 1 aromatic carbocycles. The number of alkyl halides is 3. The minimum atomic E-state index is -4.53. The van der Waals surface area contributed by atoms with E-state index >= 15 is 0 Å². The fourth-order valence-electron chi connectivity index (χ4n) is 2.06. The van der Waals surface area contributed by atoms with E-state index in [0.717, 1.165) is 29.2 Å². The largest absolute Gasteiger partial charge is 0.416 e. The molecule has 0 aromatic heterocycles. The lowest BCUT2D eigenvalue weighted by molar-refractivity contribution is -0.137. The van der Waals surface area contributed by atoms with Gasteiger partial charge in [-0.15, -0.1) is 0 Å². The van der Waals surface area contributed by atoms with Gasteiger partial charge in [0, 0.05) is 19.2 Å². The van der Waals surface area contributed by atoms with Crippen LogP contribution >= 0.6 is 0 Å². The van der Waals surface area contributed by atoms with Crippen molar-refractivity contribution in [2.45, 2.75) is 30.6 Å². The number of aliphatic hydroxyl groups excluding tert-OH is 5. The smallest absolute Gasteiger partial charge is 0.394 e. The number of carbonyl (C=O) groups is 1. The molecule has 0 aliphatic rings. The minimum absolute atomic E-state index is 0.0619. The van der Waals surface area contributed by atoms with Gasteiger partial charge in [-0.1, -0.05) is 0 Å². The van der Waals surface area contributed by atoms with E-state index in [1.165, 1.54) is 7.05 Å². The molecule has 1 rings (SSSR count). The first kappa shape index (κ1) is 21.3. The third-order valence-corrected chi connectivity index (χ3v) is 3.59. The molecule has 7 nitrogen and oxygen atoms in total. The van der Waals surface area contributed by atoms with Gasteiger partial charge in [-0.05, 0) is 24.3 Å². The normalized spacial score (nSPS) is 16.8. The molecule has 10 heteroatoms. The predicted molar refractivity (Wildman–Crippen MR) is 79.5 cm³/mol. The fraction of sp³-hybridized carbons (Fsp3) is 0.533. The molecular weight excluding hydrogens is 347 g/mol. The summed E-state index contributed by atoms with van der Waals surface area (Å²) in [6, 6.07) is 3.45. The van der Waals surface area contributed by atoms with Crippen LogP contribution < -0.4 is 0 Å². The van der Waals surface area contributed by atoms with Crippen LogP contribution in [0.4, 0.5) is 13.2 Å². The van der Waals surface area contributed by atoms with Gasteiger partial charge >= 0.3 is 6.18 Å². The van der Waals surface area contributed by atoms with E-state index < -0.39 is 55.2 Å². The summed E-state index contributed by atoms with van der Waals surface area (Å²) in [6.45, 7) is -1.30. The van der Waals surface area contributed by atoms with Gasteiger partial charge in [-0.2, -0.15) is 13.2 Å². The topological polar surface area (TPSA) is 121 Å². The Labute approximate surface area is 141 Å². The van der Waals surface area contributed by atoms with E-state index in [4.69, 9.17) is 5.11 Å². The van der Waals surface area contributed by atoms with Crippen LogP contribution in [-0.2, 0) is 6.18 Å². The highest BCUT2D eigenvalue weighted by Crippen LogP contribution is 2.29. The number of amides is 1. The Kier molecular flexibility index (Phi) is 7.32. The molecular formula is C15H20F3NO6. The van der Waals surface area contributed by atoms with Crippen LogP contribution in [0.1, 0.15) is 15.9 Å². The second-order valence-corrected chi connectivity index (χ2v) is 5.56. The molecule has 1 amide bonds. The van der Waals surface area contributed by atoms with Gasteiger partial charge in [0.2, 0.25) is 0 Å². The van der Waals surface area contributed by atoms with Gasteiger partial charge in [0.1, 0.15) is 24.4 Å². The number of hydrogen-bond acceptors (Lipinski definition) is 6. The maximum absolute atomic E-state index is 12.5. The molecule has 4 atom stereocenters. The third-order valence-electron chi connectivity index (χ3n) is 3.59. The van der Waals surface area contributed by atoms with Crippen molar-refractivity contribution in [1.82, 2.24) is 4.90 Å². The van der Waals surface area contributed by atoms with Gasteiger partial charge in [-0.25, -0.2) is 0 Å². The van der Waals surface area contributed by atoms with Crippen molar-refractivity contribution in [2.24, 2.45) is 0 Å². The summed E-state index contributed by atoms with van der Waals surface area (Å²) in [6.07, 6.45) is -11.5. The molecule has 25 heavy (non-hydrogen) atoms. The number of carbonyl (C=O) groups excluding carboxylic acids is 1. The molecule has 0 aliphatic carbocycles. The zero-order chi connectivity index (χ0) is 19.4. The molecule has 142 valence electrons. The number of rotatable bonds is 7. The number of hydrogen-bond donors (Lipinski definition) is 5. The van der Waals surface area contributed by atoms with E-state index in [1.54, 1.807) is 0 Å². The summed E-state index contributed by atoms with van der Waals surface area (Å²) in [5, 5.41) is 46.9. The van der Waals surface area contributed by atoms with Crippen molar-refractivity contribution < 1.29 is 43.5 Å². The second-order valence-electron chi connectivity index (χ2n) is 5.56. The molecule has 4 unspecified atom stereocenters. The quantitative estimate of drug-likeness (QED) is 0.431. The average Bonchev–Trinajstić information content (AvgIpc) is 2.58. The highest BCUT2D eigenvalue weighted by molar-refractivity contribution is 5.94. The van der Waals surface area contributed by atoms with Crippen LogP contribution in [0.15, 0.2) is 24.3 Å². The lowest BCUT2D eigenvalue weighted by Crippen LogP contribution is -2.49. The average molecular weight is 367 g/mol. The van der Waals surface area contributed by atoms with Crippen LogP contribution in [0, 0.1) is 0 Å². The molecule has 0 aliphatic heterocycles. The maximum Gasteiger partial charge on any atom is 0.416 e. The first-order chi connectivity index (χ1) is 11.5. The minimum Gasteiger partial charge on any atom is -0.394 e. The van der Waals surface area contributed by atoms with Gasteiger partial charge in [-0.3, -0.25) is 4.79 Å². The first-order valence-corrected chi connectivity index (χ1v) is 7.25. The lowest BCUT2D eigenvalue weighted by atomic mass is 10.0. The van der Waals surface area contributed by atoms with E-state index in [9.17, 15) is 38.4 Å². The van der Waals surface area contributed by atoms with Gasteiger partial charge < -0.3 is 30.4 Å². The highest BCUT2D eigenvalue weighted by atomic mass is 19.4. The number of likely N-dealkylation sites (N-methyl/N-ethyl adjacent to an activating group) is 1.